The van der Waals surface area contributed by atoms with Gasteiger partial charge in [0.25, 0.3) is 5.91 Å². The molecule has 112 valence electrons. The molecule has 20 heavy (non-hydrogen) atoms. The van der Waals surface area contributed by atoms with E-state index in [0.717, 1.165) is 19.4 Å². The van der Waals surface area contributed by atoms with Crippen molar-refractivity contribution in [3.8, 4) is 0 Å². The van der Waals surface area contributed by atoms with Crippen LogP contribution in [-0.4, -0.2) is 24.0 Å². The number of pyridine rings is 1. The Labute approximate surface area is 126 Å². The molecule has 0 aliphatic heterocycles. The number of amides is 1. The number of hydrogen-bond donors (Lipinski definition) is 2. The van der Waals surface area contributed by atoms with Crippen LogP contribution in [0.25, 0.3) is 0 Å². The van der Waals surface area contributed by atoms with Crippen molar-refractivity contribution in [3.63, 3.8) is 0 Å². The van der Waals surface area contributed by atoms with Crippen molar-refractivity contribution in [2.75, 3.05) is 18.4 Å². The van der Waals surface area contributed by atoms with Gasteiger partial charge in [0, 0.05) is 13.1 Å². The van der Waals surface area contributed by atoms with Gasteiger partial charge in [0.2, 0.25) is 0 Å². The van der Waals surface area contributed by atoms with Crippen LogP contribution in [0, 0.1) is 5.41 Å². The van der Waals surface area contributed by atoms with Gasteiger partial charge in [-0.3, -0.25) is 4.79 Å². The van der Waals surface area contributed by atoms with Crippen LogP contribution in [0.2, 0.25) is 5.02 Å². The van der Waals surface area contributed by atoms with Gasteiger partial charge in [-0.1, -0.05) is 39.3 Å². The highest BCUT2D eigenvalue weighted by atomic mass is 35.5. The summed E-state index contributed by atoms with van der Waals surface area (Å²) in [6, 6.07) is 3.48. The van der Waals surface area contributed by atoms with E-state index < -0.39 is 0 Å². The number of carbonyl (C=O) groups is 1. The molecule has 0 atom stereocenters. The topological polar surface area (TPSA) is 54.0 Å². The average molecular weight is 298 g/mol. The van der Waals surface area contributed by atoms with Gasteiger partial charge >= 0.3 is 0 Å². The maximum absolute atomic E-state index is 12.1. The summed E-state index contributed by atoms with van der Waals surface area (Å²) in [5, 5.41) is 6.39. The quantitative estimate of drug-likeness (QED) is 0.841. The maximum Gasteiger partial charge on any atom is 0.271 e. The van der Waals surface area contributed by atoms with Crippen LogP contribution in [0.5, 0.6) is 0 Å². The standard InChI is InChI=1S/C15H24ClN3O/c1-5-9-17-12-7-6-11(16)13(19-12)14(20)18-10-8-15(2,3)4/h6-7H,5,8-10H2,1-4H3,(H,17,19)(H,18,20). The van der Waals surface area contributed by atoms with E-state index in [1.165, 1.54) is 0 Å². The Hall–Kier alpha value is -1.29. The molecule has 5 heteroatoms. The summed E-state index contributed by atoms with van der Waals surface area (Å²) in [6.07, 6.45) is 1.90. The van der Waals surface area contributed by atoms with E-state index >= 15 is 0 Å². The van der Waals surface area contributed by atoms with Crippen LogP contribution in [-0.2, 0) is 0 Å². The number of rotatable bonds is 6. The molecule has 1 heterocycles. The first-order chi connectivity index (χ1) is 9.33. The zero-order chi connectivity index (χ0) is 15.2. The molecule has 0 saturated carbocycles. The number of carbonyl (C=O) groups excluding carboxylic acids is 1. The Balaban J connectivity index is 2.66. The zero-order valence-electron chi connectivity index (χ0n) is 12.7. The molecule has 1 rings (SSSR count). The lowest BCUT2D eigenvalue weighted by Gasteiger charge is -2.18. The lowest BCUT2D eigenvalue weighted by Crippen LogP contribution is -2.28. The second kappa shape index (κ2) is 7.48. The molecule has 0 unspecified atom stereocenters. The van der Waals surface area contributed by atoms with Gasteiger partial charge < -0.3 is 10.6 Å². The summed E-state index contributed by atoms with van der Waals surface area (Å²) in [7, 11) is 0. The fourth-order valence-electron chi connectivity index (χ4n) is 1.59. The minimum Gasteiger partial charge on any atom is -0.370 e. The fourth-order valence-corrected chi connectivity index (χ4v) is 1.78. The van der Waals surface area contributed by atoms with E-state index in [-0.39, 0.29) is 17.0 Å². The summed E-state index contributed by atoms with van der Waals surface area (Å²) >= 11 is 6.04. The Kier molecular flexibility index (Phi) is 6.27. The van der Waals surface area contributed by atoms with Gasteiger partial charge in [-0.05, 0) is 30.4 Å². The lowest BCUT2D eigenvalue weighted by atomic mass is 9.92. The van der Waals surface area contributed by atoms with Gasteiger partial charge in [-0.2, -0.15) is 0 Å². The highest BCUT2D eigenvalue weighted by Crippen LogP contribution is 2.19. The van der Waals surface area contributed by atoms with Gasteiger partial charge in [-0.25, -0.2) is 4.98 Å². The van der Waals surface area contributed by atoms with Gasteiger partial charge in [0.1, 0.15) is 11.5 Å². The van der Waals surface area contributed by atoms with Crippen molar-refractivity contribution >= 4 is 23.3 Å². The molecule has 1 aromatic heterocycles. The number of nitrogens with one attached hydrogen (secondary N) is 2. The minimum atomic E-state index is -0.223. The summed E-state index contributed by atoms with van der Waals surface area (Å²) in [5.74, 6) is 0.455. The molecule has 1 aromatic rings. The summed E-state index contributed by atoms with van der Waals surface area (Å²) in [6.45, 7) is 9.93. The van der Waals surface area contributed by atoms with Crippen molar-refractivity contribution in [2.45, 2.75) is 40.5 Å². The first-order valence-electron chi connectivity index (χ1n) is 7.02. The second-order valence-corrected chi connectivity index (χ2v) is 6.43. The van der Waals surface area contributed by atoms with E-state index in [9.17, 15) is 4.79 Å². The molecule has 0 bridgehead atoms. The van der Waals surface area contributed by atoms with E-state index in [4.69, 9.17) is 11.6 Å². The molecule has 2 N–H and O–H groups in total. The van der Waals surface area contributed by atoms with E-state index in [0.29, 0.717) is 17.4 Å². The number of aromatic nitrogens is 1. The molecule has 0 aromatic carbocycles. The van der Waals surface area contributed by atoms with Gasteiger partial charge in [0.15, 0.2) is 0 Å². The Morgan fingerprint density at radius 2 is 2.00 bits per heavy atom. The fraction of sp³-hybridized carbons (Fsp3) is 0.600. The molecule has 0 saturated heterocycles. The minimum absolute atomic E-state index is 0.190. The number of nitrogens with zero attached hydrogens (tertiary/aromatic N) is 1. The number of hydrogen-bond acceptors (Lipinski definition) is 3. The number of halogens is 1. The van der Waals surface area contributed by atoms with E-state index in [2.05, 4.69) is 43.3 Å². The Bertz CT molecular complexity index is 455. The third-order valence-corrected chi connectivity index (χ3v) is 3.08. The molecule has 0 fully saturated rings. The SMILES string of the molecule is CCCNc1ccc(Cl)c(C(=O)NCCC(C)(C)C)n1. The third-order valence-electron chi connectivity index (χ3n) is 2.78. The molecular weight excluding hydrogens is 274 g/mol. The van der Waals surface area contributed by atoms with Crippen LogP contribution < -0.4 is 10.6 Å². The molecule has 4 nitrogen and oxygen atoms in total. The highest BCUT2D eigenvalue weighted by molar-refractivity contribution is 6.33. The molecule has 0 aliphatic carbocycles. The number of anilines is 1. The van der Waals surface area contributed by atoms with Crippen molar-refractivity contribution in [1.29, 1.82) is 0 Å². The average Bonchev–Trinajstić information content (AvgIpc) is 2.36. The largest absolute Gasteiger partial charge is 0.370 e. The lowest BCUT2D eigenvalue weighted by molar-refractivity contribution is 0.0945. The van der Waals surface area contributed by atoms with Crippen LogP contribution >= 0.6 is 11.6 Å². The maximum atomic E-state index is 12.1. The molecule has 1 amide bonds. The summed E-state index contributed by atoms with van der Waals surface area (Å²) in [5.41, 5.74) is 0.469. The monoisotopic (exact) mass is 297 g/mol. The highest BCUT2D eigenvalue weighted by Gasteiger charge is 2.15. The normalized spacial score (nSPS) is 11.2. The van der Waals surface area contributed by atoms with Gasteiger partial charge in [0.05, 0.1) is 5.02 Å². The molecule has 0 spiro atoms. The predicted molar refractivity (Wildman–Crippen MR) is 84.4 cm³/mol. The zero-order valence-corrected chi connectivity index (χ0v) is 13.5. The molecular formula is C15H24ClN3O. The summed E-state index contributed by atoms with van der Waals surface area (Å²) < 4.78 is 0. The smallest absolute Gasteiger partial charge is 0.271 e. The van der Waals surface area contributed by atoms with Crippen molar-refractivity contribution < 1.29 is 4.79 Å². The summed E-state index contributed by atoms with van der Waals surface area (Å²) in [4.78, 5) is 16.4. The van der Waals surface area contributed by atoms with Crippen LogP contribution in [0.4, 0.5) is 5.82 Å². The Morgan fingerprint density at radius 3 is 2.60 bits per heavy atom. The van der Waals surface area contributed by atoms with Crippen LogP contribution in [0.3, 0.4) is 0 Å². The predicted octanol–water partition coefficient (Wildman–Crippen LogP) is 3.72. The van der Waals surface area contributed by atoms with Crippen LogP contribution in [0.15, 0.2) is 12.1 Å². The van der Waals surface area contributed by atoms with Crippen molar-refractivity contribution in [3.05, 3.63) is 22.8 Å². The van der Waals surface area contributed by atoms with E-state index in [1.807, 2.05) is 0 Å². The molecule has 0 aliphatic rings. The van der Waals surface area contributed by atoms with Crippen molar-refractivity contribution in [1.82, 2.24) is 10.3 Å². The molecule has 0 radical (unpaired) electrons. The van der Waals surface area contributed by atoms with Gasteiger partial charge in [-0.15, -0.1) is 0 Å². The van der Waals surface area contributed by atoms with E-state index in [1.54, 1.807) is 12.1 Å². The Morgan fingerprint density at radius 1 is 1.30 bits per heavy atom. The first-order valence-corrected chi connectivity index (χ1v) is 7.40. The van der Waals surface area contributed by atoms with Crippen LogP contribution in [0.1, 0.15) is 51.0 Å². The third kappa shape index (κ3) is 5.78. The first kappa shape index (κ1) is 16.8. The van der Waals surface area contributed by atoms with Crippen molar-refractivity contribution in [2.24, 2.45) is 5.41 Å². The second-order valence-electron chi connectivity index (χ2n) is 6.02.